The van der Waals surface area contributed by atoms with Crippen molar-refractivity contribution in [3.8, 4) is 11.3 Å². The van der Waals surface area contributed by atoms with Gasteiger partial charge in [0.15, 0.2) is 5.65 Å². The molecule has 0 radical (unpaired) electrons. The van der Waals surface area contributed by atoms with Gasteiger partial charge in [-0.25, -0.2) is 24.7 Å². The molecule has 0 aliphatic rings. The Morgan fingerprint density at radius 1 is 1.10 bits per heavy atom. The van der Waals surface area contributed by atoms with Gasteiger partial charge in [0.05, 0.1) is 6.33 Å². The predicted molar refractivity (Wildman–Crippen MR) is 110 cm³/mol. The highest BCUT2D eigenvalue weighted by molar-refractivity contribution is 7.77. The smallest absolute Gasteiger partial charge is 0.181 e. The van der Waals surface area contributed by atoms with Crippen molar-refractivity contribution in [3.63, 3.8) is 0 Å². The average molecular weight is 408 g/mol. The van der Waals surface area contributed by atoms with Crippen molar-refractivity contribution >= 4 is 33.9 Å². The van der Waals surface area contributed by atoms with Crippen molar-refractivity contribution in [2.24, 2.45) is 0 Å². The molecule has 0 aliphatic heterocycles. The van der Waals surface area contributed by atoms with Gasteiger partial charge >= 0.3 is 0 Å². The van der Waals surface area contributed by atoms with Crippen LogP contribution in [0, 0.1) is 0 Å². The third-order valence-electron chi connectivity index (χ3n) is 4.35. The molecule has 3 N–H and O–H groups in total. The van der Waals surface area contributed by atoms with E-state index < -0.39 is 11.3 Å². The molecule has 1 aromatic carbocycles. The van der Waals surface area contributed by atoms with Gasteiger partial charge in [0.2, 0.25) is 0 Å². The lowest BCUT2D eigenvalue weighted by Crippen LogP contribution is -2.18. The Morgan fingerprint density at radius 3 is 2.90 bits per heavy atom. The summed E-state index contributed by atoms with van der Waals surface area (Å²) in [6, 6.07) is 11.7. The van der Waals surface area contributed by atoms with Crippen molar-refractivity contribution in [1.29, 1.82) is 0 Å². The molecule has 9 nitrogen and oxygen atoms in total. The highest BCUT2D eigenvalue weighted by Crippen LogP contribution is 2.31. The first kappa shape index (κ1) is 19.1. The third kappa shape index (κ3) is 4.62. The molecule has 0 fully saturated rings. The molecule has 148 valence electrons. The standard InChI is InChI=1S/C19H19N7O2S/c27-29(28)25-8-3-4-13-7-9-20-16(10-13)26-15-6-2-1-5-14(15)17-18-19(23-11-21-17)24-12-22-18/h1-2,5-7,9-12,25H,3-4,8H2,(H,20,26)(H,27,28)(H,21,22,23,24)/p-1. The molecule has 0 saturated carbocycles. The molecule has 3 aromatic heterocycles. The van der Waals surface area contributed by atoms with Gasteiger partial charge < -0.3 is 14.9 Å². The molecule has 1 atom stereocenters. The molecular formula is C19H18N7O2S-. The predicted octanol–water partition coefficient (Wildman–Crippen LogP) is 2.47. The van der Waals surface area contributed by atoms with E-state index in [0.29, 0.717) is 24.4 Å². The zero-order valence-electron chi connectivity index (χ0n) is 15.3. The minimum atomic E-state index is -2.22. The number of pyridine rings is 1. The first-order valence-corrected chi connectivity index (χ1v) is 10.1. The second-order valence-corrected chi connectivity index (χ2v) is 7.03. The number of rotatable bonds is 8. The number of aryl methyl sites for hydroxylation is 1. The molecule has 0 aliphatic carbocycles. The van der Waals surface area contributed by atoms with Crippen LogP contribution < -0.4 is 10.0 Å². The number of anilines is 2. The average Bonchev–Trinajstić information content (AvgIpc) is 3.21. The fourth-order valence-electron chi connectivity index (χ4n) is 3.05. The normalized spacial score (nSPS) is 12.2. The molecule has 0 amide bonds. The Hall–Kier alpha value is -3.21. The second-order valence-electron chi connectivity index (χ2n) is 6.28. The van der Waals surface area contributed by atoms with Crippen molar-refractivity contribution in [2.75, 3.05) is 11.9 Å². The Bertz CT molecular complexity index is 1150. The van der Waals surface area contributed by atoms with E-state index in [2.05, 4.69) is 35.0 Å². The largest absolute Gasteiger partial charge is 0.760 e. The van der Waals surface area contributed by atoms with Crippen LogP contribution in [-0.2, 0) is 17.7 Å². The summed E-state index contributed by atoms with van der Waals surface area (Å²) in [5.41, 5.74) is 4.96. The molecular weight excluding hydrogens is 390 g/mol. The lowest BCUT2D eigenvalue weighted by Gasteiger charge is -2.12. The number of nitrogens with one attached hydrogen (secondary N) is 3. The van der Waals surface area contributed by atoms with Crippen LogP contribution >= 0.6 is 0 Å². The maximum absolute atomic E-state index is 10.5. The van der Waals surface area contributed by atoms with Gasteiger partial charge in [-0.2, -0.15) is 0 Å². The Kier molecular flexibility index (Phi) is 5.84. The van der Waals surface area contributed by atoms with E-state index in [1.54, 1.807) is 12.5 Å². The number of hydrogen-bond donors (Lipinski definition) is 3. The van der Waals surface area contributed by atoms with Gasteiger partial charge in [0.1, 0.15) is 23.4 Å². The number of aromatic amines is 1. The Labute approximate surface area is 169 Å². The third-order valence-corrected chi connectivity index (χ3v) is 4.79. The second kappa shape index (κ2) is 8.86. The molecule has 0 spiro atoms. The minimum Gasteiger partial charge on any atom is -0.760 e. The van der Waals surface area contributed by atoms with E-state index in [4.69, 9.17) is 0 Å². The summed E-state index contributed by atoms with van der Waals surface area (Å²) >= 11 is -2.22. The van der Waals surface area contributed by atoms with Crippen LogP contribution in [0.15, 0.2) is 55.2 Å². The van der Waals surface area contributed by atoms with Crippen molar-refractivity contribution in [3.05, 3.63) is 60.8 Å². The van der Waals surface area contributed by atoms with Crippen LogP contribution in [0.25, 0.3) is 22.4 Å². The highest BCUT2D eigenvalue weighted by Gasteiger charge is 2.12. The first-order valence-electron chi connectivity index (χ1n) is 8.99. The van der Waals surface area contributed by atoms with Gasteiger partial charge in [-0.1, -0.05) is 18.2 Å². The van der Waals surface area contributed by atoms with Crippen LogP contribution in [-0.4, -0.2) is 40.2 Å². The van der Waals surface area contributed by atoms with E-state index >= 15 is 0 Å². The zero-order chi connectivity index (χ0) is 20.1. The minimum absolute atomic E-state index is 0.401. The van der Waals surface area contributed by atoms with Crippen LogP contribution in [0.3, 0.4) is 0 Å². The summed E-state index contributed by atoms with van der Waals surface area (Å²) in [5, 5.41) is 3.36. The van der Waals surface area contributed by atoms with E-state index in [9.17, 15) is 8.76 Å². The van der Waals surface area contributed by atoms with Crippen LogP contribution in [0.2, 0.25) is 0 Å². The van der Waals surface area contributed by atoms with Gasteiger partial charge in [0, 0.05) is 35.3 Å². The van der Waals surface area contributed by atoms with Crippen LogP contribution in [0.4, 0.5) is 11.5 Å². The SMILES string of the molecule is O=S([O-])NCCCc1ccnc(Nc2ccccc2-c2ncnc3nc[nH]c23)c1. The van der Waals surface area contributed by atoms with E-state index in [1.807, 2.05) is 36.4 Å². The maximum Gasteiger partial charge on any atom is 0.181 e. The molecule has 0 saturated heterocycles. The number of fused-ring (bicyclic) bond motifs is 1. The number of imidazole rings is 1. The number of H-pyrrole nitrogens is 1. The number of aromatic nitrogens is 5. The lowest BCUT2D eigenvalue weighted by molar-refractivity contribution is 0.521. The molecule has 10 heteroatoms. The van der Waals surface area contributed by atoms with Gasteiger partial charge in [-0.15, -0.1) is 0 Å². The number of hydrogen-bond acceptors (Lipinski definition) is 7. The quantitative estimate of drug-likeness (QED) is 0.301. The zero-order valence-corrected chi connectivity index (χ0v) is 16.1. The molecule has 0 bridgehead atoms. The van der Waals surface area contributed by atoms with Gasteiger partial charge in [-0.05, 0) is 36.6 Å². The Morgan fingerprint density at radius 2 is 2.00 bits per heavy atom. The molecule has 29 heavy (non-hydrogen) atoms. The fraction of sp³-hybridized carbons (Fsp3) is 0.158. The summed E-state index contributed by atoms with van der Waals surface area (Å²) in [4.78, 5) is 20.3. The van der Waals surface area contributed by atoms with E-state index in [0.717, 1.165) is 34.4 Å². The van der Waals surface area contributed by atoms with Crippen LogP contribution in [0.1, 0.15) is 12.0 Å². The fourth-order valence-corrected chi connectivity index (χ4v) is 3.36. The monoisotopic (exact) mass is 408 g/mol. The highest BCUT2D eigenvalue weighted by atomic mass is 32.2. The van der Waals surface area contributed by atoms with Crippen molar-refractivity contribution < 1.29 is 8.76 Å². The molecule has 4 aromatic rings. The topological polar surface area (TPSA) is 132 Å². The molecule has 1 unspecified atom stereocenters. The summed E-state index contributed by atoms with van der Waals surface area (Å²) in [5.74, 6) is 0.699. The van der Waals surface area contributed by atoms with Crippen LogP contribution in [0.5, 0.6) is 0 Å². The number of nitrogens with zero attached hydrogens (tertiary/aromatic N) is 4. The van der Waals surface area contributed by atoms with Gasteiger partial charge in [0.25, 0.3) is 0 Å². The first-order chi connectivity index (χ1) is 14.2. The van der Waals surface area contributed by atoms with Crippen molar-refractivity contribution in [2.45, 2.75) is 12.8 Å². The van der Waals surface area contributed by atoms with Crippen molar-refractivity contribution in [1.82, 2.24) is 29.6 Å². The Balaban J connectivity index is 1.56. The summed E-state index contributed by atoms with van der Waals surface area (Å²) in [7, 11) is 0. The number of benzene rings is 1. The van der Waals surface area contributed by atoms with Gasteiger partial charge in [-0.3, -0.25) is 4.21 Å². The summed E-state index contributed by atoms with van der Waals surface area (Å²) in [6.45, 7) is 0.401. The lowest BCUT2D eigenvalue weighted by atomic mass is 10.1. The molecule has 3 heterocycles. The summed E-state index contributed by atoms with van der Waals surface area (Å²) in [6.07, 6.45) is 6.27. The van der Waals surface area contributed by atoms with E-state index in [1.165, 1.54) is 6.33 Å². The van der Waals surface area contributed by atoms with E-state index in [-0.39, 0.29) is 0 Å². The maximum atomic E-state index is 10.5. The summed E-state index contributed by atoms with van der Waals surface area (Å²) < 4.78 is 23.4. The molecule has 4 rings (SSSR count). The number of para-hydroxylation sites is 1.